The number of hydrogen-bond donors (Lipinski definition) is 0. The van der Waals surface area contributed by atoms with E-state index in [2.05, 4.69) is 15.2 Å². The van der Waals surface area contributed by atoms with Gasteiger partial charge in [-0.3, -0.25) is 9.67 Å². The Kier molecular flexibility index (Phi) is 5.82. The van der Waals surface area contributed by atoms with Gasteiger partial charge in [0.05, 0.1) is 53.9 Å². The maximum atomic E-state index is 14.4. The van der Waals surface area contributed by atoms with Gasteiger partial charge in [-0.1, -0.05) is 11.6 Å². The van der Waals surface area contributed by atoms with E-state index in [9.17, 15) is 13.6 Å². The summed E-state index contributed by atoms with van der Waals surface area (Å²) in [6, 6.07) is 6.43. The van der Waals surface area contributed by atoms with Gasteiger partial charge in [0.1, 0.15) is 17.6 Å². The number of likely N-dealkylation sites (tertiary alicyclic amines) is 1. The number of aryl methyl sites for hydroxylation is 1. The predicted molar refractivity (Wildman–Crippen MR) is 122 cm³/mol. The lowest BCUT2D eigenvalue weighted by Crippen LogP contribution is -2.58. The number of amides is 2. The number of benzene rings is 1. The van der Waals surface area contributed by atoms with Crippen LogP contribution in [0.4, 0.5) is 13.6 Å². The Bertz CT molecular complexity index is 1360. The molecule has 5 rings (SSSR count). The number of halogens is 3. The molecule has 178 valence electrons. The standard InChI is InChI=1S/C23H18ClF2N7O2/c1-31-22(17(24)9-30-31)19-7-21(18(26)10-28-19)35-16-11-32(12-16)23(34)33-20(2-3-29-33)14-4-13(8-27)5-15(25)6-14/h3-7,9-10,16,20H,2,11-12H2,1H3. The highest BCUT2D eigenvalue weighted by Crippen LogP contribution is 2.33. The lowest BCUT2D eigenvalue weighted by Gasteiger charge is -2.41. The zero-order chi connectivity index (χ0) is 24.7. The van der Waals surface area contributed by atoms with Gasteiger partial charge in [0.25, 0.3) is 0 Å². The largest absolute Gasteiger partial charge is 0.483 e. The quantitative estimate of drug-likeness (QED) is 0.544. The Morgan fingerprint density at radius 2 is 2.03 bits per heavy atom. The summed E-state index contributed by atoms with van der Waals surface area (Å²) in [5.74, 6) is -1.20. The topological polar surface area (TPSA) is 99.6 Å². The number of aromatic nitrogens is 3. The fourth-order valence-electron chi connectivity index (χ4n) is 4.08. The number of nitriles is 1. The molecular weight excluding hydrogens is 480 g/mol. The minimum absolute atomic E-state index is 0.00905. The Morgan fingerprint density at radius 1 is 1.23 bits per heavy atom. The normalized spacial score (nSPS) is 17.4. The van der Waals surface area contributed by atoms with Gasteiger partial charge >= 0.3 is 6.03 Å². The second-order valence-corrected chi connectivity index (χ2v) is 8.58. The summed E-state index contributed by atoms with van der Waals surface area (Å²) in [7, 11) is 1.70. The maximum Gasteiger partial charge on any atom is 0.341 e. The third-order valence-electron chi connectivity index (χ3n) is 5.83. The van der Waals surface area contributed by atoms with E-state index in [0.29, 0.717) is 28.4 Å². The van der Waals surface area contributed by atoms with E-state index in [1.807, 2.05) is 6.07 Å². The van der Waals surface area contributed by atoms with Crippen LogP contribution in [0.5, 0.6) is 5.75 Å². The van der Waals surface area contributed by atoms with Gasteiger partial charge < -0.3 is 9.64 Å². The Balaban J connectivity index is 1.25. The Morgan fingerprint density at radius 3 is 2.74 bits per heavy atom. The van der Waals surface area contributed by atoms with Crippen LogP contribution >= 0.6 is 11.6 Å². The minimum atomic E-state index is -0.638. The molecule has 9 nitrogen and oxygen atoms in total. The lowest BCUT2D eigenvalue weighted by molar-refractivity contribution is 0.0257. The van der Waals surface area contributed by atoms with E-state index in [0.717, 1.165) is 12.3 Å². The first-order valence-corrected chi connectivity index (χ1v) is 11.0. The van der Waals surface area contributed by atoms with Crippen molar-refractivity contribution in [2.45, 2.75) is 18.6 Å². The molecular formula is C23H18ClF2N7O2. The molecule has 2 aliphatic rings. The van der Waals surface area contributed by atoms with Gasteiger partial charge in [0.15, 0.2) is 11.6 Å². The molecule has 0 spiro atoms. The van der Waals surface area contributed by atoms with Crippen LogP contribution in [0.15, 0.2) is 41.8 Å². The number of hydrogen-bond acceptors (Lipinski definition) is 6. The summed E-state index contributed by atoms with van der Waals surface area (Å²) in [4.78, 5) is 18.6. The average Bonchev–Trinajstić information content (AvgIpc) is 3.43. The fourth-order valence-corrected chi connectivity index (χ4v) is 4.34. The van der Waals surface area contributed by atoms with Crippen LogP contribution in [-0.2, 0) is 7.05 Å². The number of urea groups is 1. The van der Waals surface area contributed by atoms with Gasteiger partial charge in [0, 0.05) is 25.7 Å². The summed E-state index contributed by atoms with van der Waals surface area (Å²) in [5.41, 5.74) is 1.58. The van der Waals surface area contributed by atoms with Gasteiger partial charge in [-0.25, -0.2) is 18.6 Å². The molecule has 1 unspecified atom stereocenters. The van der Waals surface area contributed by atoms with Crippen molar-refractivity contribution >= 4 is 23.8 Å². The van der Waals surface area contributed by atoms with Crippen molar-refractivity contribution < 1.29 is 18.3 Å². The highest BCUT2D eigenvalue weighted by molar-refractivity contribution is 6.32. The van der Waals surface area contributed by atoms with Crippen molar-refractivity contribution in [3.05, 3.63) is 64.4 Å². The van der Waals surface area contributed by atoms with Crippen LogP contribution in [-0.4, -0.2) is 56.1 Å². The summed E-state index contributed by atoms with van der Waals surface area (Å²) in [5, 5.41) is 19.0. The lowest BCUT2D eigenvalue weighted by atomic mass is 10.0. The van der Waals surface area contributed by atoms with E-state index in [1.165, 1.54) is 32.9 Å². The molecule has 1 fully saturated rings. The van der Waals surface area contributed by atoms with Crippen molar-refractivity contribution in [3.8, 4) is 23.2 Å². The number of carbonyl (C=O) groups is 1. The van der Waals surface area contributed by atoms with Crippen LogP contribution in [0.3, 0.4) is 0 Å². The van der Waals surface area contributed by atoms with E-state index in [4.69, 9.17) is 21.6 Å². The summed E-state index contributed by atoms with van der Waals surface area (Å²) in [6.45, 7) is 0.432. The number of ether oxygens (including phenoxy) is 1. The average molecular weight is 498 g/mol. The van der Waals surface area contributed by atoms with Crippen molar-refractivity contribution in [1.29, 1.82) is 5.26 Å². The molecule has 0 aliphatic carbocycles. The highest BCUT2D eigenvalue weighted by Gasteiger charge is 2.39. The maximum absolute atomic E-state index is 14.4. The number of rotatable bonds is 4. The van der Waals surface area contributed by atoms with E-state index >= 15 is 0 Å². The van der Waals surface area contributed by atoms with Gasteiger partial charge in [0.2, 0.25) is 0 Å². The zero-order valence-corrected chi connectivity index (χ0v) is 19.2. The monoisotopic (exact) mass is 497 g/mol. The van der Waals surface area contributed by atoms with Crippen LogP contribution in [0.1, 0.15) is 23.6 Å². The molecule has 0 bridgehead atoms. The number of nitrogens with zero attached hydrogens (tertiary/aromatic N) is 7. The molecule has 2 amide bonds. The second kappa shape index (κ2) is 8.96. The third kappa shape index (κ3) is 4.28. The van der Waals surface area contributed by atoms with Crippen molar-refractivity contribution in [2.75, 3.05) is 13.1 Å². The molecule has 0 radical (unpaired) electrons. The summed E-state index contributed by atoms with van der Waals surface area (Å²) in [6.07, 6.45) is 4.06. The van der Waals surface area contributed by atoms with Gasteiger partial charge in [-0.15, -0.1) is 0 Å². The predicted octanol–water partition coefficient (Wildman–Crippen LogP) is 3.90. The molecule has 0 N–H and O–H groups in total. The van der Waals surface area contributed by atoms with Crippen LogP contribution in [0.25, 0.3) is 11.4 Å². The number of hydrazone groups is 1. The fraction of sp³-hybridized carbons (Fsp3) is 0.261. The highest BCUT2D eigenvalue weighted by atomic mass is 35.5. The van der Waals surface area contributed by atoms with Crippen molar-refractivity contribution in [3.63, 3.8) is 0 Å². The summed E-state index contributed by atoms with van der Waals surface area (Å²) < 4.78 is 35.6. The van der Waals surface area contributed by atoms with Crippen molar-refractivity contribution in [1.82, 2.24) is 24.7 Å². The molecule has 3 aromatic rings. The SMILES string of the molecule is Cn1ncc(Cl)c1-c1cc(OC2CN(C(=O)N3N=CCC3c3cc(F)cc(C#N)c3)C2)c(F)cn1. The number of carbonyl (C=O) groups excluding carboxylic acids is 1. The van der Waals surface area contributed by atoms with Gasteiger partial charge in [-0.2, -0.15) is 15.5 Å². The molecule has 35 heavy (non-hydrogen) atoms. The Hall–Kier alpha value is -4.04. The smallest absolute Gasteiger partial charge is 0.341 e. The molecule has 2 aromatic heterocycles. The minimum Gasteiger partial charge on any atom is -0.483 e. The molecule has 1 saturated heterocycles. The summed E-state index contributed by atoms with van der Waals surface area (Å²) >= 11 is 6.16. The molecule has 4 heterocycles. The van der Waals surface area contributed by atoms with E-state index in [-0.39, 0.29) is 30.4 Å². The van der Waals surface area contributed by atoms with Crippen molar-refractivity contribution in [2.24, 2.45) is 12.1 Å². The first kappa shape index (κ1) is 22.7. The second-order valence-electron chi connectivity index (χ2n) is 8.17. The molecule has 2 aliphatic heterocycles. The van der Waals surface area contributed by atoms with Crippen LogP contribution in [0, 0.1) is 23.0 Å². The molecule has 1 atom stereocenters. The first-order chi connectivity index (χ1) is 16.8. The number of pyridine rings is 1. The van der Waals surface area contributed by atoms with Gasteiger partial charge in [-0.05, 0) is 23.8 Å². The molecule has 1 aromatic carbocycles. The third-order valence-corrected chi connectivity index (χ3v) is 6.11. The Labute approximate surface area is 203 Å². The van der Waals surface area contributed by atoms with E-state index in [1.54, 1.807) is 19.3 Å². The first-order valence-electron chi connectivity index (χ1n) is 10.6. The zero-order valence-electron chi connectivity index (χ0n) is 18.4. The van der Waals surface area contributed by atoms with E-state index < -0.39 is 23.8 Å². The van der Waals surface area contributed by atoms with Crippen LogP contribution in [0.2, 0.25) is 5.02 Å². The van der Waals surface area contributed by atoms with Crippen LogP contribution < -0.4 is 4.74 Å². The molecule has 0 saturated carbocycles. The molecule has 12 heteroatoms.